The highest BCUT2D eigenvalue weighted by Gasteiger charge is 2.08. The van der Waals surface area contributed by atoms with E-state index in [1.54, 1.807) is 0 Å². The third-order valence-corrected chi connectivity index (χ3v) is 4.43. The van der Waals surface area contributed by atoms with Crippen LogP contribution in [-0.2, 0) is 0 Å². The molecular weight excluding hydrogens is 294 g/mol. The predicted octanol–water partition coefficient (Wildman–Crippen LogP) is 5.30. The van der Waals surface area contributed by atoms with E-state index in [0.29, 0.717) is 6.04 Å². The lowest BCUT2D eigenvalue weighted by atomic mass is 10.1. The van der Waals surface area contributed by atoms with Crippen LogP contribution in [-0.4, -0.2) is 0 Å². The molecule has 0 aliphatic carbocycles. The lowest BCUT2D eigenvalue weighted by Crippen LogP contribution is -2.05. The molecule has 0 spiro atoms. The van der Waals surface area contributed by atoms with Gasteiger partial charge in [0.1, 0.15) is 0 Å². The molecule has 0 radical (unpaired) electrons. The number of rotatable bonds is 3. The summed E-state index contributed by atoms with van der Waals surface area (Å²) in [7, 11) is 0. The molecule has 0 fully saturated rings. The Hall–Kier alpha value is -0.800. The number of benzene rings is 1. The number of hydrogen-bond donors (Lipinski definition) is 1. The van der Waals surface area contributed by atoms with Crippen LogP contribution in [0.2, 0.25) is 0 Å². The number of aryl methyl sites for hydroxylation is 2. The van der Waals surface area contributed by atoms with Crippen molar-refractivity contribution in [3.63, 3.8) is 0 Å². The van der Waals surface area contributed by atoms with Crippen LogP contribution in [0.1, 0.15) is 28.3 Å². The number of hydrogen-bond acceptors (Lipinski definition) is 2. The van der Waals surface area contributed by atoms with E-state index in [9.17, 15) is 0 Å². The van der Waals surface area contributed by atoms with Gasteiger partial charge in [0.05, 0.1) is 6.04 Å². The van der Waals surface area contributed by atoms with Crippen LogP contribution in [0, 0.1) is 13.8 Å². The summed E-state index contributed by atoms with van der Waals surface area (Å²) in [6.07, 6.45) is 0. The summed E-state index contributed by atoms with van der Waals surface area (Å²) in [5, 5.41) is 3.56. The molecule has 1 atom stereocenters. The maximum Gasteiger partial charge on any atom is 0.0578 e. The molecule has 1 aromatic heterocycles. The highest BCUT2D eigenvalue weighted by Crippen LogP contribution is 2.28. The van der Waals surface area contributed by atoms with Crippen LogP contribution in [0.15, 0.2) is 34.8 Å². The number of anilines is 1. The number of nitrogens with one attached hydrogen (secondary N) is 1. The van der Waals surface area contributed by atoms with E-state index in [2.05, 4.69) is 72.3 Å². The van der Waals surface area contributed by atoms with Crippen molar-refractivity contribution in [1.29, 1.82) is 0 Å². The number of halogens is 1. The van der Waals surface area contributed by atoms with Crippen LogP contribution in [0.4, 0.5) is 5.69 Å². The van der Waals surface area contributed by atoms with Crippen molar-refractivity contribution in [1.82, 2.24) is 0 Å². The van der Waals surface area contributed by atoms with Crippen molar-refractivity contribution in [2.45, 2.75) is 26.8 Å². The van der Waals surface area contributed by atoms with Gasteiger partial charge in [-0.3, -0.25) is 0 Å². The average molecular weight is 310 g/mol. The van der Waals surface area contributed by atoms with E-state index in [1.165, 1.54) is 21.0 Å². The Morgan fingerprint density at radius 1 is 1.18 bits per heavy atom. The fraction of sp³-hybridized carbons (Fsp3) is 0.286. The van der Waals surface area contributed by atoms with Gasteiger partial charge >= 0.3 is 0 Å². The fourth-order valence-corrected chi connectivity index (χ4v) is 3.13. The van der Waals surface area contributed by atoms with Crippen molar-refractivity contribution in [2.24, 2.45) is 0 Å². The molecule has 2 rings (SSSR count). The first-order chi connectivity index (χ1) is 8.06. The van der Waals surface area contributed by atoms with Crippen LogP contribution in [0.25, 0.3) is 0 Å². The molecular formula is C14H16BrNS. The zero-order valence-corrected chi connectivity index (χ0v) is 12.7. The van der Waals surface area contributed by atoms with Gasteiger partial charge in [-0.05, 0) is 56.7 Å². The molecule has 17 heavy (non-hydrogen) atoms. The van der Waals surface area contributed by atoms with Gasteiger partial charge in [0.15, 0.2) is 0 Å². The quantitative estimate of drug-likeness (QED) is 0.811. The summed E-state index contributed by atoms with van der Waals surface area (Å²) in [6.45, 7) is 6.47. The van der Waals surface area contributed by atoms with Gasteiger partial charge in [-0.2, -0.15) is 0 Å². The normalized spacial score (nSPS) is 12.5. The van der Waals surface area contributed by atoms with Crippen LogP contribution < -0.4 is 5.32 Å². The van der Waals surface area contributed by atoms with Crippen LogP contribution in [0.5, 0.6) is 0 Å². The maximum atomic E-state index is 3.56. The summed E-state index contributed by atoms with van der Waals surface area (Å²) in [4.78, 5) is 2.74. The maximum absolute atomic E-state index is 3.56. The standard InChI is InChI=1S/C14H16BrNS/c1-9-8-12(15)5-6-13(9)16-11(3)14-7-4-10(2)17-14/h4-8,11,16H,1-3H3. The SMILES string of the molecule is Cc1ccc(C(C)Nc2ccc(Br)cc2C)s1. The second-order valence-electron chi connectivity index (χ2n) is 4.27. The first kappa shape index (κ1) is 12.7. The summed E-state index contributed by atoms with van der Waals surface area (Å²) in [5.74, 6) is 0. The van der Waals surface area contributed by atoms with E-state index < -0.39 is 0 Å². The molecule has 1 nitrogen and oxygen atoms in total. The monoisotopic (exact) mass is 309 g/mol. The minimum absolute atomic E-state index is 0.355. The Morgan fingerprint density at radius 2 is 1.94 bits per heavy atom. The first-order valence-corrected chi connectivity index (χ1v) is 7.26. The van der Waals surface area contributed by atoms with Gasteiger partial charge in [0.25, 0.3) is 0 Å². The topological polar surface area (TPSA) is 12.0 Å². The highest BCUT2D eigenvalue weighted by molar-refractivity contribution is 9.10. The lowest BCUT2D eigenvalue weighted by Gasteiger charge is -2.16. The van der Waals surface area contributed by atoms with Gasteiger partial charge in [0, 0.05) is 19.9 Å². The summed E-state index contributed by atoms with van der Waals surface area (Å²) in [6, 6.07) is 11.1. The summed E-state index contributed by atoms with van der Waals surface area (Å²) < 4.78 is 1.13. The molecule has 0 aliphatic heterocycles. The largest absolute Gasteiger partial charge is 0.377 e. The summed E-state index contributed by atoms with van der Waals surface area (Å²) in [5.41, 5.74) is 2.46. The second kappa shape index (κ2) is 5.23. The third-order valence-electron chi connectivity index (χ3n) is 2.75. The molecule has 0 amide bonds. The zero-order chi connectivity index (χ0) is 12.4. The van der Waals surface area contributed by atoms with Gasteiger partial charge < -0.3 is 5.32 Å². The zero-order valence-electron chi connectivity index (χ0n) is 10.3. The molecule has 0 aliphatic rings. The van der Waals surface area contributed by atoms with Crippen molar-refractivity contribution < 1.29 is 0 Å². The summed E-state index contributed by atoms with van der Waals surface area (Å²) >= 11 is 5.34. The molecule has 2 aromatic rings. The Labute approximate surface area is 115 Å². The third kappa shape index (κ3) is 3.11. The van der Waals surface area contributed by atoms with E-state index in [0.717, 1.165) is 4.47 Å². The molecule has 3 heteroatoms. The van der Waals surface area contributed by atoms with Gasteiger partial charge in [0.2, 0.25) is 0 Å². The lowest BCUT2D eigenvalue weighted by molar-refractivity contribution is 0.905. The second-order valence-corrected chi connectivity index (χ2v) is 6.51. The highest BCUT2D eigenvalue weighted by atomic mass is 79.9. The molecule has 0 saturated carbocycles. The Kier molecular flexibility index (Phi) is 3.89. The fourth-order valence-electron chi connectivity index (χ4n) is 1.78. The van der Waals surface area contributed by atoms with Gasteiger partial charge in [-0.1, -0.05) is 15.9 Å². The Balaban J connectivity index is 2.15. The van der Waals surface area contributed by atoms with Crippen molar-refractivity contribution >= 4 is 33.0 Å². The Bertz CT molecular complexity index is 519. The van der Waals surface area contributed by atoms with E-state index in [4.69, 9.17) is 0 Å². The van der Waals surface area contributed by atoms with E-state index >= 15 is 0 Å². The molecule has 1 unspecified atom stereocenters. The van der Waals surface area contributed by atoms with Gasteiger partial charge in [-0.25, -0.2) is 0 Å². The van der Waals surface area contributed by atoms with Crippen molar-refractivity contribution in [2.75, 3.05) is 5.32 Å². The smallest absolute Gasteiger partial charge is 0.0578 e. The molecule has 0 saturated heterocycles. The van der Waals surface area contributed by atoms with Crippen molar-refractivity contribution in [3.8, 4) is 0 Å². The minimum Gasteiger partial charge on any atom is -0.377 e. The predicted molar refractivity (Wildman–Crippen MR) is 80.0 cm³/mol. The van der Waals surface area contributed by atoms with Gasteiger partial charge in [-0.15, -0.1) is 11.3 Å². The van der Waals surface area contributed by atoms with Crippen LogP contribution >= 0.6 is 27.3 Å². The molecule has 90 valence electrons. The molecule has 1 N–H and O–H groups in total. The van der Waals surface area contributed by atoms with E-state index in [1.807, 2.05) is 11.3 Å². The van der Waals surface area contributed by atoms with Crippen LogP contribution in [0.3, 0.4) is 0 Å². The Morgan fingerprint density at radius 3 is 2.53 bits per heavy atom. The van der Waals surface area contributed by atoms with Crippen molar-refractivity contribution in [3.05, 3.63) is 50.1 Å². The van der Waals surface area contributed by atoms with E-state index in [-0.39, 0.29) is 0 Å². The minimum atomic E-state index is 0.355. The number of thiophene rings is 1. The molecule has 1 heterocycles. The molecule has 0 bridgehead atoms. The molecule has 1 aromatic carbocycles. The first-order valence-electron chi connectivity index (χ1n) is 5.65. The average Bonchev–Trinajstić information content (AvgIpc) is 2.69.